The summed E-state index contributed by atoms with van der Waals surface area (Å²) in [6.07, 6.45) is 1.88. The van der Waals surface area contributed by atoms with Gasteiger partial charge in [-0.2, -0.15) is 0 Å². The van der Waals surface area contributed by atoms with E-state index in [-0.39, 0.29) is 0 Å². The number of aryl methyl sites for hydroxylation is 1. The van der Waals surface area contributed by atoms with Gasteiger partial charge in [-0.05, 0) is 67.6 Å². The van der Waals surface area contributed by atoms with Gasteiger partial charge in [-0.25, -0.2) is 0 Å². The van der Waals surface area contributed by atoms with Crippen LogP contribution < -0.4 is 4.74 Å². The third-order valence-corrected chi connectivity index (χ3v) is 4.68. The van der Waals surface area contributed by atoms with E-state index in [1.165, 1.54) is 0 Å². The lowest BCUT2D eigenvalue weighted by Crippen LogP contribution is -2.00. The molecule has 0 radical (unpaired) electrons. The van der Waals surface area contributed by atoms with Gasteiger partial charge in [-0.3, -0.25) is 4.99 Å². The molecule has 0 atom stereocenters. The van der Waals surface area contributed by atoms with Crippen LogP contribution in [-0.4, -0.2) is 10.8 Å². The number of nitrogens with zero attached hydrogens (tertiary/aromatic N) is 2. The number of aromatic nitrogens is 1. The predicted octanol–water partition coefficient (Wildman–Crippen LogP) is 6.98. The van der Waals surface area contributed by atoms with E-state index in [0.717, 1.165) is 28.5 Å². The van der Waals surface area contributed by atoms with Gasteiger partial charge in [0.2, 0.25) is 0 Å². The topological polar surface area (TPSA) is 26.5 Å². The molecule has 4 heteroatoms. The van der Waals surface area contributed by atoms with Gasteiger partial charge in [-0.1, -0.05) is 41.9 Å². The Morgan fingerprint density at radius 2 is 1.54 bits per heavy atom. The molecule has 0 amide bonds. The molecule has 4 aromatic rings. The fraction of sp³-hybridized carbons (Fsp3) is 0.0417. The van der Waals surface area contributed by atoms with Crippen molar-refractivity contribution < 1.29 is 4.74 Å². The number of para-hydroxylation sites is 2. The molecule has 1 aromatic heterocycles. The van der Waals surface area contributed by atoms with Gasteiger partial charge < -0.3 is 9.30 Å². The van der Waals surface area contributed by atoms with Crippen LogP contribution in [0.5, 0.6) is 11.5 Å². The Hall–Kier alpha value is -3.30. The summed E-state index contributed by atoms with van der Waals surface area (Å²) < 4.78 is 8.00. The van der Waals surface area contributed by atoms with E-state index in [1.807, 2.05) is 66.9 Å². The van der Waals surface area contributed by atoms with Gasteiger partial charge in [0.05, 0.1) is 22.6 Å². The molecule has 3 aromatic carbocycles. The standard InChI is InChI=1S/C24H19ClN2O/c1-18-11-14-21(27(18)20-7-3-2-4-8-20)17-26-19-12-15-22(16-13-19)28-24-10-6-5-9-23(24)25/h2-17H,1H3. The molecule has 138 valence electrons. The van der Waals surface area contributed by atoms with Crippen LogP contribution in [0.3, 0.4) is 0 Å². The molecular weight excluding hydrogens is 368 g/mol. The van der Waals surface area contributed by atoms with Crippen LogP contribution in [0, 0.1) is 6.92 Å². The van der Waals surface area contributed by atoms with Crippen LogP contribution >= 0.6 is 11.6 Å². The number of aliphatic imine (C=N–C) groups is 1. The van der Waals surface area contributed by atoms with Gasteiger partial charge in [0.25, 0.3) is 0 Å². The van der Waals surface area contributed by atoms with Gasteiger partial charge in [-0.15, -0.1) is 0 Å². The second-order valence-electron chi connectivity index (χ2n) is 6.36. The van der Waals surface area contributed by atoms with Crippen molar-refractivity contribution in [1.82, 2.24) is 4.57 Å². The van der Waals surface area contributed by atoms with Crippen molar-refractivity contribution in [2.24, 2.45) is 4.99 Å². The Kier molecular flexibility index (Phi) is 5.27. The van der Waals surface area contributed by atoms with Crippen molar-refractivity contribution in [3.63, 3.8) is 0 Å². The molecule has 0 fully saturated rings. The summed E-state index contributed by atoms with van der Waals surface area (Å²) >= 11 is 6.14. The first-order chi connectivity index (χ1) is 13.7. The zero-order valence-corrected chi connectivity index (χ0v) is 16.2. The van der Waals surface area contributed by atoms with E-state index in [2.05, 4.69) is 40.7 Å². The lowest BCUT2D eigenvalue weighted by molar-refractivity contribution is 0.483. The lowest BCUT2D eigenvalue weighted by Gasteiger charge is -2.09. The molecule has 4 rings (SSSR count). The average Bonchev–Trinajstić information content (AvgIpc) is 3.10. The first-order valence-corrected chi connectivity index (χ1v) is 9.39. The normalized spacial score (nSPS) is 11.1. The fourth-order valence-electron chi connectivity index (χ4n) is 2.98. The fourth-order valence-corrected chi connectivity index (χ4v) is 3.16. The average molecular weight is 387 g/mol. The quantitative estimate of drug-likeness (QED) is 0.340. The van der Waals surface area contributed by atoms with Crippen LogP contribution in [0.15, 0.2) is 96.0 Å². The number of ether oxygens (including phenoxy) is 1. The highest BCUT2D eigenvalue weighted by Gasteiger charge is 2.05. The van der Waals surface area contributed by atoms with E-state index < -0.39 is 0 Å². The second-order valence-corrected chi connectivity index (χ2v) is 6.76. The maximum Gasteiger partial charge on any atom is 0.146 e. The molecule has 0 aliphatic heterocycles. The van der Waals surface area contributed by atoms with E-state index >= 15 is 0 Å². The zero-order chi connectivity index (χ0) is 19.3. The molecular formula is C24H19ClN2O. The molecule has 0 saturated carbocycles. The molecule has 0 aliphatic rings. The van der Waals surface area contributed by atoms with Crippen molar-refractivity contribution in [3.8, 4) is 17.2 Å². The minimum Gasteiger partial charge on any atom is -0.456 e. The van der Waals surface area contributed by atoms with E-state index in [4.69, 9.17) is 16.3 Å². The van der Waals surface area contributed by atoms with Gasteiger partial charge in [0.15, 0.2) is 0 Å². The second kappa shape index (κ2) is 8.15. The molecule has 0 spiro atoms. The minimum absolute atomic E-state index is 0.585. The number of halogens is 1. The lowest BCUT2D eigenvalue weighted by atomic mass is 10.3. The third kappa shape index (κ3) is 4.00. The molecule has 0 N–H and O–H groups in total. The van der Waals surface area contributed by atoms with Crippen molar-refractivity contribution in [1.29, 1.82) is 0 Å². The van der Waals surface area contributed by atoms with Crippen LogP contribution in [0.25, 0.3) is 5.69 Å². The van der Waals surface area contributed by atoms with E-state index in [0.29, 0.717) is 10.8 Å². The molecule has 0 saturated heterocycles. The Bertz CT molecular complexity index is 1100. The van der Waals surface area contributed by atoms with Crippen LogP contribution in [0.1, 0.15) is 11.4 Å². The molecule has 3 nitrogen and oxygen atoms in total. The maximum atomic E-state index is 6.14. The van der Waals surface area contributed by atoms with Gasteiger partial charge >= 0.3 is 0 Å². The van der Waals surface area contributed by atoms with Gasteiger partial charge in [0, 0.05) is 11.4 Å². The summed E-state index contributed by atoms with van der Waals surface area (Å²) in [5, 5.41) is 0.585. The highest BCUT2D eigenvalue weighted by atomic mass is 35.5. The maximum absolute atomic E-state index is 6.14. The smallest absolute Gasteiger partial charge is 0.146 e. The first-order valence-electron chi connectivity index (χ1n) is 9.01. The van der Waals surface area contributed by atoms with Crippen LogP contribution in [0.4, 0.5) is 5.69 Å². The summed E-state index contributed by atoms with van der Waals surface area (Å²) in [5.41, 5.74) is 4.16. The van der Waals surface area contributed by atoms with Crippen molar-refractivity contribution in [3.05, 3.63) is 107 Å². The van der Waals surface area contributed by atoms with Crippen molar-refractivity contribution >= 4 is 23.5 Å². The highest BCUT2D eigenvalue weighted by molar-refractivity contribution is 6.32. The highest BCUT2D eigenvalue weighted by Crippen LogP contribution is 2.29. The molecule has 0 aliphatic carbocycles. The van der Waals surface area contributed by atoms with Crippen molar-refractivity contribution in [2.75, 3.05) is 0 Å². The summed E-state index contributed by atoms with van der Waals surface area (Å²) in [4.78, 5) is 4.61. The predicted molar refractivity (Wildman–Crippen MR) is 116 cm³/mol. The zero-order valence-electron chi connectivity index (χ0n) is 15.4. The summed E-state index contributed by atoms with van der Waals surface area (Å²) in [6.45, 7) is 2.09. The largest absolute Gasteiger partial charge is 0.456 e. The van der Waals surface area contributed by atoms with Crippen molar-refractivity contribution in [2.45, 2.75) is 6.92 Å². The Morgan fingerprint density at radius 1 is 0.821 bits per heavy atom. The van der Waals surface area contributed by atoms with Gasteiger partial charge in [0.1, 0.15) is 11.5 Å². The first kappa shape index (κ1) is 18.1. The minimum atomic E-state index is 0.585. The Balaban J connectivity index is 1.53. The summed E-state index contributed by atoms with van der Waals surface area (Å²) in [5.74, 6) is 1.35. The third-order valence-electron chi connectivity index (χ3n) is 4.37. The Labute approximate surface area is 169 Å². The number of benzene rings is 3. The van der Waals surface area contributed by atoms with Crippen LogP contribution in [0.2, 0.25) is 5.02 Å². The molecule has 28 heavy (non-hydrogen) atoms. The molecule has 0 unspecified atom stereocenters. The number of hydrogen-bond acceptors (Lipinski definition) is 2. The Morgan fingerprint density at radius 3 is 2.29 bits per heavy atom. The summed E-state index contributed by atoms with van der Waals surface area (Å²) in [6, 6.07) is 29.5. The van der Waals surface area contributed by atoms with E-state index in [9.17, 15) is 0 Å². The van der Waals surface area contributed by atoms with E-state index in [1.54, 1.807) is 6.07 Å². The molecule has 1 heterocycles. The number of hydrogen-bond donors (Lipinski definition) is 0. The monoisotopic (exact) mass is 386 g/mol. The number of rotatable bonds is 5. The molecule has 0 bridgehead atoms. The van der Waals surface area contributed by atoms with Crippen LogP contribution in [-0.2, 0) is 0 Å². The SMILES string of the molecule is Cc1ccc(C=Nc2ccc(Oc3ccccc3Cl)cc2)n1-c1ccccc1. The summed E-state index contributed by atoms with van der Waals surface area (Å²) in [7, 11) is 0.